The summed E-state index contributed by atoms with van der Waals surface area (Å²) in [4.78, 5) is 0. The first-order valence-electron chi connectivity index (χ1n) is 5.20. The number of hydrogen-bond donors (Lipinski definition) is 1. The third-order valence-corrected chi connectivity index (χ3v) is 4.19. The summed E-state index contributed by atoms with van der Waals surface area (Å²) in [6.07, 6.45) is 4.35. The van der Waals surface area contributed by atoms with E-state index in [9.17, 15) is 10.3 Å². The average Bonchev–Trinajstić information content (AvgIpc) is 1.96. The largest absolute Gasteiger partial charge is 0.390 e. The van der Waals surface area contributed by atoms with Crippen LogP contribution in [0.15, 0.2) is 0 Å². The van der Waals surface area contributed by atoms with Crippen molar-refractivity contribution in [3.63, 3.8) is 0 Å². The highest BCUT2D eigenvalue weighted by molar-refractivity contribution is 5.11. The van der Waals surface area contributed by atoms with Gasteiger partial charge in [0.15, 0.2) is 0 Å². The number of aliphatic hydroxyl groups is 1. The highest BCUT2D eigenvalue weighted by Gasteiger charge is 2.59. The average molecular weight is 182 g/mol. The Labute approximate surface area is 78.3 Å². The van der Waals surface area contributed by atoms with Crippen molar-refractivity contribution in [1.82, 2.24) is 5.06 Å². The number of nitrogens with zero attached hydrogens (tertiary/aromatic N) is 1. The van der Waals surface area contributed by atoms with E-state index in [1.54, 1.807) is 0 Å². The molecule has 2 saturated carbocycles. The molecule has 4 aliphatic rings. The molecule has 2 aliphatic heterocycles. The fraction of sp³-hybridized carbons (Fsp3) is 1.00. The molecule has 4 atom stereocenters. The van der Waals surface area contributed by atoms with Gasteiger partial charge in [-0.3, -0.25) is 0 Å². The molecule has 0 aromatic rings. The van der Waals surface area contributed by atoms with Crippen LogP contribution in [0.3, 0.4) is 0 Å². The predicted octanol–water partition coefficient (Wildman–Crippen LogP) is 1.10. The highest BCUT2D eigenvalue weighted by Crippen LogP contribution is 2.55. The number of hydroxylamine groups is 2. The molecule has 0 spiro atoms. The quantitative estimate of drug-likeness (QED) is 0.609. The second kappa shape index (κ2) is 2.10. The van der Waals surface area contributed by atoms with Gasteiger partial charge in [0.2, 0.25) is 0 Å². The van der Waals surface area contributed by atoms with Crippen LogP contribution in [-0.2, 0) is 5.21 Å². The molecule has 0 aromatic heterocycles. The summed E-state index contributed by atoms with van der Waals surface area (Å²) in [6, 6.07) is 0.108. The second-order valence-corrected chi connectivity index (χ2v) is 5.59. The van der Waals surface area contributed by atoms with E-state index in [1.807, 2.05) is 6.92 Å². The van der Waals surface area contributed by atoms with E-state index in [-0.39, 0.29) is 11.6 Å². The van der Waals surface area contributed by atoms with Gasteiger partial charge in [0.1, 0.15) is 0 Å². The lowest BCUT2D eigenvalue weighted by Crippen LogP contribution is -2.68. The van der Waals surface area contributed by atoms with Gasteiger partial charge in [0.25, 0.3) is 0 Å². The van der Waals surface area contributed by atoms with Crippen LogP contribution < -0.4 is 0 Å². The van der Waals surface area contributed by atoms with Gasteiger partial charge in [-0.15, -0.1) is 10.3 Å². The van der Waals surface area contributed by atoms with Gasteiger partial charge < -0.3 is 5.11 Å². The van der Waals surface area contributed by atoms with Crippen LogP contribution in [-0.4, -0.2) is 27.4 Å². The lowest BCUT2D eigenvalue weighted by molar-refractivity contribution is -0.331. The van der Waals surface area contributed by atoms with Crippen LogP contribution in [0.1, 0.15) is 39.0 Å². The standard InChI is InChI=1S/C10H16NO2/c1-9-3-7-2-8(11(9)13)5-10(12,4-7)6-9/h7-8,12H,2-6H2,1H3. The van der Waals surface area contributed by atoms with Crippen molar-refractivity contribution in [2.75, 3.05) is 0 Å². The topological polar surface area (TPSA) is 43.4 Å². The summed E-state index contributed by atoms with van der Waals surface area (Å²) in [5, 5.41) is 23.3. The van der Waals surface area contributed by atoms with E-state index < -0.39 is 5.60 Å². The molecule has 3 nitrogen and oxygen atoms in total. The summed E-state index contributed by atoms with van der Waals surface area (Å²) in [6.45, 7) is 2.02. The molecule has 0 aromatic carbocycles. The van der Waals surface area contributed by atoms with Gasteiger partial charge in [0.05, 0.1) is 5.60 Å². The summed E-state index contributed by atoms with van der Waals surface area (Å²) >= 11 is 0. The van der Waals surface area contributed by atoms with Gasteiger partial charge in [-0.25, -0.2) is 0 Å². The monoisotopic (exact) mass is 182 g/mol. The van der Waals surface area contributed by atoms with Crippen LogP contribution in [0.4, 0.5) is 0 Å². The van der Waals surface area contributed by atoms with Crippen molar-refractivity contribution < 1.29 is 10.3 Å². The van der Waals surface area contributed by atoms with Gasteiger partial charge in [-0.05, 0) is 44.9 Å². The molecule has 3 heteroatoms. The zero-order chi connectivity index (χ0) is 9.27. The van der Waals surface area contributed by atoms with Gasteiger partial charge >= 0.3 is 0 Å². The maximum absolute atomic E-state index is 11.8. The minimum Gasteiger partial charge on any atom is -0.390 e. The van der Waals surface area contributed by atoms with Crippen LogP contribution >= 0.6 is 0 Å². The summed E-state index contributed by atoms with van der Waals surface area (Å²) in [5.41, 5.74) is -0.750. The molecule has 2 heterocycles. The van der Waals surface area contributed by atoms with E-state index in [1.165, 1.54) is 5.06 Å². The van der Waals surface area contributed by atoms with Gasteiger partial charge in [-0.1, -0.05) is 0 Å². The van der Waals surface area contributed by atoms with Gasteiger partial charge in [0, 0.05) is 11.6 Å². The Morgan fingerprint density at radius 1 is 1.38 bits per heavy atom. The Hall–Kier alpha value is -0.120. The van der Waals surface area contributed by atoms with Crippen molar-refractivity contribution in [3.05, 3.63) is 0 Å². The second-order valence-electron chi connectivity index (χ2n) is 5.59. The summed E-state index contributed by atoms with van der Waals surface area (Å²) in [7, 11) is 0. The number of hydrogen-bond acceptors (Lipinski definition) is 2. The SMILES string of the molecule is CC12CC3CC(CC(O)(C3)C1)N2[O]. The Kier molecular flexibility index (Phi) is 1.33. The summed E-state index contributed by atoms with van der Waals surface area (Å²) in [5.74, 6) is 0.604. The lowest BCUT2D eigenvalue weighted by Gasteiger charge is -2.61. The Bertz CT molecular complexity index is 257. The minimum absolute atomic E-state index is 0.108. The van der Waals surface area contributed by atoms with E-state index >= 15 is 0 Å². The molecular formula is C10H16NO2. The zero-order valence-corrected chi connectivity index (χ0v) is 7.99. The molecule has 4 rings (SSSR count). The van der Waals surface area contributed by atoms with E-state index in [0.29, 0.717) is 18.8 Å². The minimum atomic E-state index is -0.499. The summed E-state index contributed by atoms with van der Waals surface area (Å²) < 4.78 is 0. The molecule has 2 saturated heterocycles. The van der Waals surface area contributed by atoms with Crippen molar-refractivity contribution in [2.45, 2.75) is 56.2 Å². The van der Waals surface area contributed by atoms with Crippen LogP contribution in [0.2, 0.25) is 0 Å². The van der Waals surface area contributed by atoms with Crippen molar-refractivity contribution in [1.29, 1.82) is 0 Å². The van der Waals surface area contributed by atoms with Crippen LogP contribution in [0.5, 0.6) is 0 Å². The zero-order valence-electron chi connectivity index (χ0n) is 7.99. The fourth-order valence-electron chi connectivity index (χ4n) is 4.10. The smallest absolute Gasteiger partial charge is 0.0684 e. The molecule has 1 radical (unpaired) electrons. The third kappa shape index (κ3) is 0.953. The molecule has 4 fully saturated rings. The molecule has 73 valence electrons. The number of rotatable bonds is 0. The molecule has 4 unspecified atom stereocenters. The molecule has 0 amide bonds. The van der Waals surface area contributed by atoms with E-state index in [0.717, 1.165) is 19.3 Å². The van der Waals surface area contributed by atoms with Gasteiger partial charge in [-0.2, -0.15) is 0 Å². The first-order valence-corrected chi connectivity index (χ1v) is 5.20. The normalized spacial score (nSPS) is 60.2. The molecule has 13 heavy (non-hydrogen) atoms. The maximum Gasteiger partial charge on any atom is 0.0684 e. The Morgan fingerprint density at radius 2 is 2.15 bits per heavy atom. The molecule has 2 aliphatic carbocycles. The first-order chi connectivity index (χ1) is 6.01. The van der Waals surface area contributed by atoms with Crippen LogP contribution in [0.25, 0.3) is 0 Å². The van der Waals surface area contributed by atoms with E-state index in [2.05, 4.69) is 0 Å². The number of piperidine rings is 2. The molecule has 4 bridgehead atoms. The molecular weight excluding hydrogens is 166 g/mol. The van der Waals surface area contributed by atoms with Crippen LogP contribution in [0, 0.1) is 5.92 Å². The third-order valence-electron chi connectivity index (χ3n) is 4.19. The van der Waals surface area contributed by atoms with E-state index in [4.69, 9.17) is 0 Å². The predicted molar refractivity (Wildman–Crippen MR) is 46.2 cm³/mol. The Balaban J connectivity index is 2.01. The fourth-order valence-corrected chi connectivity index (χ4v) is 4.10. The van der Waals surface area contributed by atoms with Crippen molar-refractivity contribution in [3.8, 4) is 0 Å². The van der Waals surface area contributed by atoms with Crippen molar-refractivity contribution >= 4 is 0 Å². The lowest BCUT2D eigenvalue weighted by atomic mass is 9.57. The van der Waals surface area contributed by atoms with Crippen molar-refractivity contribution in [2.24, 2.45) is 5.92 Å². The maximum atomic E-state index is 11.8. The Morgan fingerprint density at radius 3 is 2.77 bits per heavy atom. The first kappa shape index (κ1) is 8.21. The molecule has 1 N–H and O–H groups in total. The highest BCUT2D eigenvalue weighted by atomic mass is 16.5.